The minimum Gasteiger partial charge on any atom is -0.381 e. The maximum atomic E-state index is 5.71. The van der Waals surface area contributed by atoms with Crippen molar-refractivity contribution in [1.29, 1.82) is 0 Å². The number of rotatable bonds is 4. The first-order chi connectivity index (χ1) is 7.90. The molecule has 0 bridgehead atoms. The van der Waals surface area contributed by atoms with Crippen molar-refractivity contribution in [1.82, 2.24) is 4.90 Å². The van der Waals surface area contributed by atoms with Crippen LogP contribution in [0.2, 0.25) is 0 Å². The minimum atomic E-state index is 0.419. The molecule has 3 nitrogen and oxygen atoms in total. The van der Waals surface area contributed by atoms with Crippen LogP contribution in [0, 0.1) is 0 Å². The summed E-state index contributed by atoms with van der Waals surface area (Å²) in [4.78, 5) is 2.59. The molecule has 2 aliphatic heterocycles. The van der Waals surface area contributed by atoms with Gasteiger partial charge in [-0.15, -0.1) is 6.58 Å². The van der Waals surface area contributed by atoms with E-state index in [4.69, 9.17) is 9.47 Å². The van der Waals surface area contributed by atoms with Gasteiger partial charge in [-0.1, -0.05) is 6.08 Å². The first kappa shape index (κ1) is 12.1. The van der Waals surface area contributed by atoms with Crippen LogP contribution in [0.15, 0.2) is 12.7 Å². The van der Waals surface area contributed by atoms with Crippen LogP contribution in [0.25, 0.3) is 0 Å². The first-order valence-electron chi connectivity index (χ1n) is 6.44. The maximum Gasteiger partial charge on any atom is 0.0718 e. The Morgan fingerprint density at radius 3 is 3.12 bits per heavy atom. The van der Waals surface area contributed by atoms with E-state index in [9.17, 15) is 0 Å². The normalized spacial score (nSPS) is 32.5. The van der Waals surface area contributed by atoms with Gasteiger partial charge in [-0.3, -0.25) is 4.90 Å². The van der Waals surface area contributed by atoms with Gasteiger partial charge in [0.2, 0.25) is 0 Å². The fraction of sp³-hybridized carbons (Fsp3) is 0.846. The lowest BCUT2D eigenvalue weighted by molar-refractivity contribution is 0.0726. The summed E-state index contributed by atoms with van der Waals surface area (Å²) < 4.78 is 11.2. The first-order valence-corrected chi connectivity index (χ1v) is 6.44. The van der Waals surface area contributed by atoms with Gasteiger partial charge in [-0.25, -0.2) is 0 Å². The molecule has 0 aliphatic carbocycles. The molecule has 0 saturated carbocycles. The lowest BCUT2D eigenvalue weighted by atomic mass is 10.1. The molecule has 2 aliphatic rings. The van der Waals surface area contributed by atoms with Gasteiger partial charge in [0.05, 0.1) is 12.7 Å². The van der Waals surface area contributed by atoms with Crippen molar-refractivity contribution in [2.24, 2.45) is 0 Å². The van der Waals surface area contributed by atoms with E-state index in [0.29, 0.717) is 12.7 Å². The van der Waals surface area contributed by atoms with Crippen molar-refractivity contribution >= 4 is 0 Å². The predicted molar refractivity (Wildman–Crippen MR) is 64.6 cm³/mol. The van der Waals surface area contributed by atoms with Crippen LogP contribution in [-0.2, 0) is 9.47 Å². The highest BCUT2D eigenvalue weighted by atomic mass is 16.5. The Kier molecular flexibility index (Phi) is 4.82. The Labute approximate surface area is 98.4 Å². The molecule has 0 amide bonds. The Balaban J connectivity index is 1.75. The smallest absolute Gasteiger partial charge is 0.0718 e. The Hall–Kier alpha value is -0.380. The second-order valence-electron chi connectivity index (χ2n) is 4.72. The highest BCUT2D eigenvalue weighted by Crippen LogP contribution is 2.21. The molecule has 92 valence electrons. The molecule has 2 rings (SSSR count). The summed E-state index contributed by atoms with van der Waals surface area (Å²) in [7, 11) is 0. The van der Waals surface area contributed by atoms with Crippen LogP contribution in [0.5, 0.6) is 0 Å². The summed E-state index contributed by atoms with van der Waals surface area (Å²) in [5.41, 5.74) is 0. The van der Waals surface area contributed by atoms with Gasteiger partial charge < -0.3 is 9.47 Å². The molecule has 1 unspecified atom stereocenters. The zero-order valence-corrected chi connectivity index (χ0v) is 10.1. The maximum absolute atomic E-state index is 5.71. The minimum absolute atomic E-state index is 0.419. The van der Waals surface area contributed by atoms with Crippen LogP contribution in [-0.4, -0.2) is 50.0 Å². The number of nitrogens with zero attached hydrogens (tertiary/aromatic N) is 1. The number of likely N-dealkylation sites (tertiary alicyclic amines) is 1. The van der Waals surface area contributed by atoms with Crippen molar-refractivity contribution in [3.8, 4) is 0 Å². The molecule has 3 heteroatoms. The SMILES string of the molecule is C=CCO[C@@H]1CCN(C2CCCOCC2)C1. The van der Waals surface area contributed by atoms with Gasteiger partial charge in [0.15, 0.2) is 0 Å². The summed E-state index contributed by atoms with van der Waals surface area (Å²) in [6.07, 6.45) is 7.11. The van der Waals surface area contributed by atoms with Crippen molar-refractivity contribution < 1.29 is 9.47 Å². The van der Waals surface area contributed by atoms with Crippen LogP contribution in [0.1, 0.15) is 25.7 Å². The Bertz CT molecular complexity index is 212. The van der Waals surface area contributed by atoms with Crippen molar-refractivity contribution in [2.45, 2.75) is 37.8 Å². The van der Waals surface area contributed by atoms with Crippen LogP contribution in [0.3, 0.4) is 0 Å². The summed E-state index contributed by atoms with van der Waals surface area (Å²) in [5, 5.41) is 0. The Morgan fingerprint density at radius 2 is 2.25 bits per heavy atom. The van der Waals surface area contributed by atoms with Gasteiger partial charge in [0, 0.05) is 32.3 Å². The third-order valence-corrected chi connectivity index (χ3v) is 3.56. The van der Waals surface area contributed by atoms with Crippen LogP contribution >= 0.6 is 0 Å². The van der Waals surface area contributed by atoms with E-state index in [1.54, 1.807) is 0 Å². The molecule has 0 radical (unpaired) electrons. The lowest BCUT2D eigenvalue weighted by Crippen LogP contribution is -2.34. The van der Waals surface area contributed by atoms with E-state index < -0.39 is 0 Å². The van der Waals surface area contributed by atoms with Crippen LogP contribution < -0.4 is 0 Å². The van der Waals surface area contributed by atoms with Gasteiger partial charge in [0.25, 0.3) is 0 Å². The quantitative estimate of drug-likeness (QED) is 0.681. The molecule has 0 N–H and O–H groups in total. The zero-order valence-electron chi connectivity index (χ0n) is 10.1. The third kappa shape index (κ3) is 3.30. The largest absolute Gasteiger partial charge is 0.381 e. The molecule has 0 aromatic rings. The van der Waals surface area contributed by atoms with E-state index >= 15 is 0 Å². The highest BCUT2D eigenvalue weighted by Gasteiger charge is 2.28. The van der Waals surface area contributed by atoms with Gasteiger partial charge in [-0.2, -0.15) is 0 Å². The summed E-state index contributed by atoms with van der Waals surface area (Å²) in [6.45, 7) is 8.53. The molecule has 16 heavy (non-hydrogen) atoms. The van der Waals surface area contributed by atoms with Crippen molar-refractivity contribution in [2.75, 3.05) is 32.9 Å². The highest BCUT2D eigenvalue weighted by molar-refractivity contribution is 4.83. The fourth-order valence-corrected chi connectivity index (χ4v) is 2.68. The summed E-state index contributed by atoms with van der Waals surface area (Å²) in [5.74, 6) is 0. The Morgan fingerprint density at radius 1 is 1.31 bits per heavy atom. The predicted octanol–water partition coefficient (Wildman–Crippen LogP) is 1.83. The fourth-order valence-electron chi connectivity index (χ4n) is 2.68. The topological polar surface area (TPSA) is 21.7 Å². The molecule has 0 aromatic carbocycles. The van der Waals surface area contributed by atoms with E-state index in [0.717, 1.165) is 25.8 Å². The van der Waals surface area contributed by atoms with E-state index in [-0.39, 0.29) is 0 Å². The molecule has 2 saturated heterocycles. The van der Waals surface area contributed by atoms with Gasteiger partial charge >= 0.3 is 0 Å². The van der Waals surface area contributed by atoms with Crippen LogP contribution in [0.4, 0.5) is 0 Å². The van der Waals surface area contributed by atoms with Gasteiger partial charge in [-0.05, 0) is 25.7 Å². The number of hydrogen-bond acceptors (Lipinski definition) is 3. The zero-order chi connectivity index (χ0) is 11.2. The molecule has 2 heterocycles. The van der Waals surface area contributed by atoms with Gasteiger partial charge in [0.1, 0.15) is 0 Å². The van der Waals surface area contributed by atoms with E-state index in [2.05, 4.69) is 11.5 Å². The summed E-state index contributed by atoms with van der Waals surface area (Å²) in [6, 6.07) is 0.722. The average Bonchev–Trinajstić information content (AvgIpc) is 2.60. The number of hydrogen-bond donors (Lipinski definition) is 0. The van der Waals surface area contributed by atoms with Crippen molar-refractivity contribution in [3.05, 3.63) is 12.7 Å². The van der Waals surface area contributed by atoms with E-state index in [1.165, 1.54) is 32.2 Å². The van der Waals surface area contributed by atoms with E-state index in [1.807, 2.05) is 6.08 Å². The monoisotopic (exact) mass is 225 g/mol. The van der Waals surface area contributed by atoms with Crippen molar-refractivity contribution in [3.63, 3.8) is 0 Å². The molecular weight excluding hydrogens is 202 g/mol. The molecule has 2 fully saturated rings. The molecule has 0 aromatic heterocycles. The number of ether oxygens (including phenoxy) is 2. The average molecular weight is 225 g/mol. The molecule has 0 spiro atoms. The second kappa shape index (κ2) is 6.38. The standard InChI is InChI=1S/C13H23NO2/c1-2-8-16-13-5-7-14(11-13)12-4-3-9-15-10-6-12/h2,12-13H,1,3-11H2/t12?,13-/m1/s1. The molecule has 2 atom stereocenters. The second-order valence-corrected chi connectivity index (χ2v) is 4.72. The summed E-state index contributed by atoms with van der Waals surface area (Å²) >= 11 is 0. The molecular formula is C13H23NO2. The third-order valence-electron chi connectivity index (χ3n) is 3.56. The lowest BCUT2D eigenvalue weighted by Gasteiger charge is -2.26.